The fourth-order valence-electron chi connectivity index (χ4n) is 8.31. The fourth-order valence-corrected chi connectivity index (χ4v) is 10.5. The largest absolute Gasteiger partial charge is 0.309 e. The van der Waals surface area contributed by atoms with E-state index in [0.29, 0.717) is 17.5 Å². The van der Waals surface area contributed by atoms with Crippen molar-refractivity contribution in [1.29, 1.82) is 0 Å². The molecule has 0 aliphatic carbocycles. The number of hydrogen-bond acceptors (Lipinski definition) is 5. The number of nitrogens with zero attached hydrogens (tertiary/aromatic N) is 4. The lowest BCUT2D eigenvalue weighted by atomic mass is 10.0. The lowest BCUT2D eigenvalue weighted by Crippen LogP contribution is -2.00. The highest BCUT2D eigenvalue weighted by Crippen LogP contribution is 2.39. The summed E-state index contributed by atoms with van der Waals surface area (Å²) in [5.74, 6) is 1.96. The van der Waals surface area contributed by atoms with Gasteiger partial charge < -0.3 is 4.57 Å². The fraction of sp³-hybridized carbons (Fsp3) is 0. The monoisotopic (exact) mass is 762 g/mol. The first-order valence-electron chi connectivity index (χ1n) is 19.0. The van der Waals surface area contributed by atoms with Gasteiger partial charge in [0.2, 0.25) is 0 Å². The zero-order chi connectivity index (χ0) is 37.5. The second kappa shape index (κ2) is 12.8. The third-order valence-electron chi connectivity index (χ3n) is 11.1. The Hall–Kier alpha value is -6.99. The molecule has 0 bridgehead atoms. The molecule has 0 fully saturated rings. The van der Waals surface area contributed by atoms with Crippen LogP contribution in [0.25, 0.3) is 113 Å². The van der Waals surface area contributed by atoms with Gasteiger partial charge in [0.15, 0.2) is 17.5 Å². The van der Waals surface area contributed by atoms with Gasteiger partial charge >= 0.3 is 0 Å². The van der Waals surface area contributed by atoms with E-state index in [0.717, 1.165) is 22.4 Å². The molecule has 0 atom stereocenters. The van der Waals surface area contributed by atoms with Gasteiger partial charge in [-0.2, -0.15) is 0 Å². The van der Waals surface area contributed by atoms with Crippen LogP contribution in [0.15, 0.2) is 182 Å². The molecule has 0 saturated carbocycles. The maximum absolute atomic E-state index is 5.18. The van der Waals surface area contributed by atoms with Crippen LogP contribution in [0.4, 0.5) is 0 Å². The zero-order valence-electron chi connectivity index (χ0n) is 30.4. The highest BCUT2D eigenvalue weighted by molar-refractivity contribution is 7.26. The molecule has 12 aromatic rings. The zero-order valence-corrected chi connectivity index (χ0v) is 32.1. The van der Waals surface area contributed by atoms with Crippen molar-refractivity contribution in [2.24, 2.45) is 0 Å². The normalized spacial score (nSPS) is 11.9. The predicted molar refractivity (Wildman–Crippen MR) is 242 cm³/mol. The van der Waals surface area contributed by atoms with Crippen LogP contribution in [0.2, 0.25) is 0 Å². The minimum atomic E-state index is 0.642. The molecule has 266 valence electrons. The third kappa shape index (κ3) is 5.30. The van der Waals surface area contributed by atoms with Gasteiger partial charge in [-0.3, -0.25) is 0 Å². The molecule has 0 N–H and O–H groups in total. The molecular weight excluding hydrogens is 733 g/mol. The van der Waals surface area contributed by atoms with Gasteiger partial charge in [-0.15, -0.1) is 22.7 Å². The molecule has 0 unspecified atom stereocenters. The Balaban J connectivity index is 1.00. The number of aromatic nitrogens is 4. The van der Waals surface area contributed by atoms with E-state index in [2.05, 4.69) is 187 Å². The van der Waals surface area contributed by atoms with Crippen molar-refractivity contribution in [3.63, 3.8) is 0 Å². The van der Waals surface area contributed by atoms with Crippen LogP contribution in [0, 0.1) is 0 Å². The van der Waals surface area contributed by atoms with E-state index in [1.54, 1.807) is 11.3 Å². The molecular formula is C51H30N4S2. The lowest BCUT2D eigenvalue weighted by molar-refractivity contribution is 1.07. The molecule has 4 aromatic heterocycles. The molecule has 6 heteroatoms. The third-order valence-corrected chi connectivity index (χ3v) is 13.4. The van der Waals surface area contributed by atoms with Crippen LogP contribution in [0.3, 0.4) is 0 Å². The van der Waals surface area contributed by atoms with Crippen molar-refractivity contribution in [3.05, 3.63) is 182 Å². The van der Waals surface area contributed by atoms with Gasteiger partial charge in [0.05, 0.1) is 11.0 Å². The molecule has 0 aliphatic heterocycles. The summed E-state index contributed by atoms with van der Waals surface area (Å²) in [7, 11) is 0. The van der Waals surface area contributed by atoms with Crippen LogP contribution in [0.1, 0.15) is 0 Å². The average Bonchev–Trinajstić information content (AvgIpc) is 3.95. The van der Waals surface area contributed by atoms with Gasteiger partial charge in [-0.05, 0) is 90.0 Å². The Bertz CT molecular complexity index is 3520. The summed E-state index contributed by atoms with van der Waals surface area (Å²) in [6, 6.07) is 65.0. The first-order valence-corrected chi connectivity index (χ1v) is 20.6. The standard InChI is InChI=1S/C51H30N4S2/c1-2-10-31(11-3-1)33-21-26-44-41(28-33)37-12-4-7-15-43(37)55(44)36-23-18-32(19-24-36)49-52-50(34-22-27-47-42(29-34)39-14-6-9-17-46(39)56-47)54-51(53-49)35-20-25-40-38-13-5-8-16-45(38)57-48(40)30-35/h1-30H. The quantitative estimate of drug-likeness (QED) is 0.175. The Kier molecular flexibility index (Phi) is 7.24. The van der Waals surface area contributed by atoms with Crippen LogP contribution in [0.5, 0.6) is 0 Å². The highest BCUT2D eigenvalue weighted by atomic mass is 32.1. The Morgan fingerprint density at radius 2 is 0.807 bits per heavy atom. The molecule has 0 amide bonds. The van der Waals surface area contributed by atoms with Crippen molar-refractivity contribution in [2.75, 3.05) is 0 Å². The first-order chi connectivity index (χ1) is 28.2. The van der Waals surface area contributed by atoms with E-state index in [4.69, 9.17) is 15.0 Å². The summed E-state index contributed by atoms with van der Waals surface area (Å²) in [5, 5.41) is 7.45. The lowest BCUT2D eigenvalue weighted by Gasteiger charge is -2.11. The number of fused-ring (bicyclic) bond motifs is 9. The van der Waals surface area contributed by atoms with Crippen LogP contribution < -0.4 is 0 Å². The number of para-hydroxylation sites is 1. The van der Waals surface area contributed by atoms with E-state index in [-0.39, 0.29) is 0 Å². The maximum Gasteiger partial charge on any atom is 0.164 e. The van der Waals surface area contributed by atoms with E-state index in [1.165, 1.54) is 73.3 Å². The Morgan fingerprint density at radius 1 is 0.298 bits per heavy atom. The molecule has 4 heterocycles. The molecule has 0 aliphatic rings. The van der Waals surface area contributed by atoms with E-state index in [1.807, 2.05) is 11.3 Å². The van der Waals surface area contributed by atoms with Crippen molar-refractivity contribution in [2.45, 2.75) is 0 Å². The summed E-state index contributed by atoms with van der Waals surface area (Å²) in [6.07, 6.45) is 0. The summed E-state index contributed by atoms with van der Waals surface area (Å²) in [6.45, 7) is 0. The average molecular weight is 763 g/mol. The molecule has 57 heavy (non-hydrogen) atoms. The summed E-state index contributed by atoms with van der Waals surface area (Å²) >= 11 is 3.62. The number of thiophene rings is 2. The van der Waals surface area contributed by atoms with Crippen LogP contribution in [-0.4, -0.2) is 19.5 Å². The van der Waals surface area contributed by atoms with Gasteiger partial charge in [-0.25, -0.2) is 15.0 Å². The first kappa shape index (κ1) is 32.3. The second-order valence-corrected chi connectivity index (χ2v) is 16.6. The Morgan fingerprint density at radius 3 is 1.58 bits per heavy atom. The predicted octanol–water partition coefficient (Wildman–Crippen LogP) is 14.4. The molecule has 8 aromatic carbocycles. The smallest absolute Gasteiger partial charge is 0.164 e. The SMILES string of the molecule is c1ccc(-c2ccc3c(c2)c2ccccc2n3-c2ccc(-c3nc(-c4ccc5c(c4)sc4ccccc45)nc(-c4ccc5sc6ccccc6c5c4)n3)cc2)cc1. The minimum absolute atomic E-state index is 0.642. The van der Waals surface area contributed by atoms with Crippen molar-refractivity contribution >= 4 is 84.8 Å². The van der Waals surface area contributed by atoms with Gasteiger partial charge in [0, 0.05) is 73.5 Å². The van der Waals surface area contributed by atoms with E-state index < -0.39 is 0 Å². The topological polar surface area (TPSA) is 43.6 Å². The summed E-state index contributed by atoms with van der Waals surface area (Å²) < 4.78 is 7.38. The van der Waals surface area contributed by atoms with Crippen LogP contribution >= 0.6 is 22.7 Å². The van der Waals surface area contributed by atoms with Gasteiger partial charge in [0.1, 0.15) is 0 Å². The molecule has 0 saturated heterocycles. The maximum atomic E-state index is 5.18. The van der Waals surface area contributed by atoms with Crippen molar-refractivity contribution in [3.8, 4) is 51.0 Å². The van der Waals surface area contributed by atoms with Crippen LogP contribution in [-0.2, 0) is 0 Å². The van der Waals surface area contributed by atoms with E-state index in [9.17, 15) is 0 Å². The van der Waals surface area contributed by atoms with Crippen molar-refractivity contribution < 1.29 is 0 Å². The second-order valence-electron chi connectivity index (χ2n) is 14.4. The summed E-state index contributed by atoms with van der Waals surface area (Å²) in [4.78, 5) is 15.5. The van der Waals surface area contributed by atoms with Crippen molar-refractivity contribution in [1.82, 2.24) is 19.5 Å². The van der Waals surface area contributed by atoms with E-state index >= 15 is 0 Å². The number of hydrogen-bond donors (Lipinski definition) is 0. The summed E-state index contributed by atoms with van der Waals surface area (Å²) in [5.41, 5.74) is 8.71. The Labute approximate surface area is 335 Å². The van der Waals surface area contributed by atoms with Gasteiger partial charge in [-0.1, -0.05) is 103 Å². The molecule has 4 nitrogen and oxygen atoms in total. The number of benzene rings is 8. The molecule has 0 radical (unpaired) electrons. The molecule has 12 rings (SSSR count). The molecule has 0 spiro atoms. The minimum Gasteiger partial charge on any atom is -0.309 e. The van der Waals surface area contributed by atoms with Gasteiger partial charge in [0.25, 0.3) is 0 Å². The number of rotatable bonds is 5. The highest BCUT2D eigenvalue weighted by Gasteiger charge is 2.17.